The molecule has 0 amide bonds. The Labute approximate surface area is 152 Å². The van der Waals surface area contributed by atoms with E-state index in [0.717, 1.165) is 5.56 Å². The number of pyridine rings is 2. The van der Waals surface area contributed by atoms with E-state index in [1.165, 1.54) is 15.0 Å². The van der Waals surface area contributed by atoms with Crippen LogP contribution in [-0.2, 0) is 0 Å². The number of benzene rings is 1. The summed E-state index contributed by atoms with van der Waals surface area (Å²) in [4.78, 5) is 30.2. The molecule has 26 heavy (non-hydrogen) atoms. The highest BCUT2D eigenvalue weighted by molar-refractivity contribution is 6.32. The largest absolute Gasteiger partial charge is 0.274 e. The Hall–Kier alpha value is -3.43. The molecule has 0 N–H and O–H groups in total. The predicted molar refractivity (Wildman–Crippen MR) is 99.0 cm³/mol. The van der Waals surface area contributed by atoms with Crippen molar-refractivity contribution < 1.29 is 0 Å². The van der Waals surface area contributed by atoms with Crippen molar-refractivity contribution in [3.05, 3.63) is 85.5 Å². The molecule has 126 valence electrons. The van der Waals surface area contributed by atoms with Gasteiger partial charge in [0.25, 0.3) is 11.1 Å². The van der Waals surface area contributed by atoms with E-state index in [2.05, 4.69) is 4.98 Å². The van der Waals surface area contributed by atoms with Crippen LogP contribution in [0.3, 0.4) is 0 Å². The van der Waals surface area contributed by atoms with E-state index in [1.807, 2.05) is 19.1 Å². The Bertz CT molecular complexity index is 1360. The van der Waals surface area contributed by atoms with Gasteiger partial charge in [-0.1, -0.05) is 29.8 Å². The average Bonchev–Trinajstić information content (AvgIpc) is 2.63. The topological polar surface area (TPSA) is 80.2 Å². The fraction of sp³-hybridized carbons (Fsp3) is 0.0526. The lowest BCUT2D eigenvalue weighted by molar-refractivity contribution is 0.980. The summed E-state index contributed by atoms with van der Waals surface area (Å²) < 4.78 is 2.62. The van der Waals surface area contributed by atoms with Crippen LogP contribution in [0.2, 0.25) is 5.02 Å². The van der Waals surface area contributed by atoms with E-state index >= 15 is 0 Å². The number of hydrogen-bond acceptors (Lipinski definition) is 4. The highest BCUT2D eigenvalue weighted by Gasteiger charge is 2.17. The third kappa shape index (κ3) is 2.30. The van der Waals surface area contributed by atoms with Crippen LogP contribution in [-0.4, -0.2) is 14.0 Å². The van der Waals surface area contributed by atoms with Crippen molar-refractivity contribution in [1.29, 1.82) is 5.26 Å². The molecule has 0 bridgehead atoms. The molecular formula is C19H11ClN4O2. The Morgan fingerprint density at radius 3 is 2.62 bits per heavy atom. The number of hydrogen-bond donors (Lipinski definition) is 0. The molecule has 0 saturated carbocycles. The van der Waals surface area contributed by atoms with Crippen LogP contribution in [0.4, 0.5) is 0 Å². The number of nitrogens with zero attached hydrogens (tertiary/aromatic N) is 4. The number of aromatic nitrogens is 3. The lowest BCUT2D eigenvalue weighted by Gasteiger charge is -2.12. The molecule has 4 aromatic rings. The van der Waals surface area contributed by atoms with Crippen molar-refractivity contribution in [2.75, 3.05) is 0 Å². The van der Waals surface area contributed by atoms with Gasteiger partial charge in [-0.15, -0.1) is 0 Å². The molecule has 0 aliphatic rings. The minimum atomic E-state index is -0.573. The Balaban J connectivity index is 2.30. The number of rotatable bonds is 1. The van der Waals surface area contributed by atoms with Crippen molar-refractivity contribution in [3.8, 4) is 11.8 Å². The molecule has 4 rings (SSSR count). The third-order valence-electron chi connectivity index (χ3n) is 4.13. The first-order valence-electron chi connectivity index (χ1n) is 7.75. The van der Waals surface area contributed by atoms with E-state index in [-0.39, 0.29) is 22.2 Å². The van der Waals surface area contributed by atoms with Gasteiger partial charge in [-0.05, 0) is 36.8 Å². The summed E-state index contributed by atoms with van der Waals surface area (Å²) in [6.07, 6.45) is 1.67. The maximum Gasteiger partial charge on any atom is 0.274 e. The summed E-state index contributed by atoms with van der Waals surface area (Å²) >= 11 is 6.25. The molecule has 6 nitrogen and oxygen atoms in total. The lowest BCUT2D eigenvalue weighted by atomic mass is 10.2. The number of fused-ring (bicyclic) bond motifs is 2. The van der Waals surface area contributed by atoms with Crippen molar-refractivity contribution >= 4 is 28.3 Å². The van der Waals surface area contributed by atoms with E-state index < -0.39 is 5.56 Å². The second-order valence-electron chi connectivity index (χ2n) is 5.85. The van der Waals surface area contributed by atoms with Crippen LogP contribution in [0.5, 0.6) is 0 Å². The highest BCUT2D eigenvalue weighted by Crippen LogP contribution is 2.22. The average molecular weight is 363 g/mol. The summed E-state index contributed by atoms with van der Waals surface area (Å²) in [5.41, 5.74) is 0.741. The zero-order chi connectivity index (χ0) is 18.4. The Kier molecular flexibility index (Phi) is 3.60. The Morgan fingerprint density at radius 2 is 1.88 bits per heavy atom. The van der Waals surface area contributed by atoms with Crippen molar-refractivity contribution in [3.63, 3.8) is 0 Å². The van der Waals surface area contributed by atoms with E-state index in [1.54, 1.807) is 36.5 Å². The molecule has 3 aromatic heterocycles. The van der Waals surface area contributed by atoms with Gasteiger partial charge in [0.05, 0.1) is 16.1 Å². The summed E-state index contributed by atoms with van der Waals surface area (Å²) in [5, 5.41) is 9.83. The van der Waals surface area contributed by atoms with Gasteiger partial charge in [0.1, 0.15) is 17.3 Å². The second-order valence-corrected chi connectivity index (χ2v) is 6.26. The van der Waals surface area contributed by atoms with E-state index in [0.29, 0.717) is 16.4 Å². The van der Waals surface area contributed by atoms with Gasteiger partial charge >= 0.3 is 0 Å². The van der Waals surface area contributed by atoms with Crippen molar-refractivity contribution in [2.24, 2.45) is 0 Å². The lowest BCUT2D eigenvalue weighted by Crippen LogP contribution is -2.26. The van der Waals surface area contributed by atoms with Crippen LogP contribution >= 0.6 is 11.6 Å². The first-order valence-corrected chi connectivity index (χ1v) is 8.13. The first-order chi connectivity index (χ1) is 12.5. The van der Waals surface area contributed by atoms with Crippen LogP contribution < -0.4 is 11.1 Å². The third-order valence-corrected chi connectivity index (χ3v) is 4.45. The van der Waals surface area contributed by atoms with E-state index in [9.17, 15) is 14.9 Å². The van der Waals surface area contributed by atoms with Crippen LogP contribution in [0.25, 0.3) is 22.4 Å². The minimum absolute atomic E-state index is 0.149. The predicted octanol–water partition coefficient (Wildman–Crippen LogP) is 2.83. The zero-order valence-corrected chi connectivity index (χ0v) is 14.4. The van der Waals surface area contributed by atoms with Gasteiger partial charge in [-0.25, -0.2) is 4.98 Å². The molecule has 0 spiro atoms. The Morgan fingerprint density at radius 1 is 1.12 bits per heavy atom. The molecule has 0 aliphatic carbocycles. The second kappa shape index (κ2) is 5.83. The fourth-order valence-electron chi connectivity index (χ4n) is 2.90. The molecule has 0 atom stereocenters. The monoisotopic (exact) mass is 362 g/mol. The molecule has 1 aromatic carbocycles. The molecule has 0 saturated heterocycles. The van der Waals surface area contributed by atoms with Crippen molar-refractivity contribution in [1.82, 2.24) is 14.0 Å². The zero-order valence-electron chi connectivity index (χ0n) is 13.6. The number of para-hydroxylation sites is 1. The normalized spacial score (nSPS) is 11.0. The van der Waals surface area contributed by atoms with Gasteiger partial charge in [-0.2, -0.15) is 5.26 Å². The van der Waals surface area contributed by atoms with Gasteiger partial charge in [-0.3, -0.25) is 18.6 Å². The molecule has 7 heteroatoms. The summed E-state index contributed by atoms with van der Waals surface area (Å²) in [6.45, 7) is 1.86. The molecular weight excluding hydrogens is 352 g/mol. The van der Waals surface area contributed by atoms with Crippen molar-refractivity contribution in [2.45, 2.75) is 6.92 Å². The number of halogens is 1. The molecule has 3 heterocycles. The SMILES string of the molecule is Cc1ccc2nc3c(cc(C#N)c(=O)n3-c3ccccc3Cl)c(=O)n2c1. The highest BCUT2D eigenvalue weighted by atomic mass is 35.5. The quantitative estimate of drug-likeness (QED) is 0.488. The standard InChI is InChI=1S/C19H11ClN4O2/c1-11-6-7-16-22-17-13(19(26)23(16)10-11)8-12(9-21)18(25)24(17)15-5-3-2-4-14(15)20/h2-8,10H,1H3. The van der Waals surface area contributed by atoms with Gasteiger partial charge < -0.3 is 0 Å². The maximum absolute atomic E-state index is 13.0. The summed E-state index contributed by atoms with van der Waals surface area (Å²) in [7, 11) is 0. The summed E-state index contributed by atoms with van der Waals surface area (Å²) in [6, 6.07) is 13.4. The molecule has 0 fully saturated rings. The van der Waals surface area contributed by atoms with Gasteiger partial charge in [0.15, 0.2) is 5.65 Å². The van der Waals surface area contributed by atoms with Gasteiger partial charge in [0.2, 0.25) is 0 Å². The fourth-order valence-corrected chi connectivity index (χ4v) is 3.12. The first kappa shape index (κ1) is 16.1. The number of nitriles is 1. The van der Waals surface area contributed by atoms with Crippen LogP contribution in [0, 0.1) is 18.3 Å². The molecule has 0 aliphatic heterocycles. The minimum Gasteiger partial charge on any atom is -0.268 e. The molecule has 0 radical (unpaired) electrons. The van der Waals surface area contributed by atoms with E-state index in [4.69, 9.17) is 11.6 Å². The van der Waals surface area contributed by atoms with Crippen LogP contribution in [0.15, 0.2) is 58.3 Å². The van der Waals surface area contributed by atoms with Crippen LogP contribution in [0.1, 0.15) is 11.1 Å². The van der Waals surface area contributed by atoms with Gasteiger partial charge in [0, 0.05) is 6.20 Å². The smallest absolute Gasteiger partial charge is 0.268 e. The molecule has 0 unspecified atom stereocenters. The number of aryl methyl sites for hydroxylation is 1. The summed E-state index contributed by atoms with van der Waals surface area (Å²) in [5.74, 6) is 0. The maximum atomic E-state index is 13.0.